The van der Waals surface area contributed by atoms with Gasteiger partial charge in [0.15, 0.2) is 0 Å². The second-order valence-electron chi connectivity index (χ2n) is 15.8. The van der Waals surface area contributed by atoms with Crippen LogP contribution >= 0.6 is 0 Å². The number of ether oxygens (including phenoxy) is 5. The maximum atomic E-state index is 16.1. The van der Waals surface area contributed by atoms with Gasteiger partial charge in [0.25, 0.3) is 0 Å². The number of benzene rings is 5. The lowest BCUT2D eigenvalue weighted by molar-refractivity contribution is -0.177. The lowest BCUT2D eigenvalue weighted by Gasteiger charge is -2.46. The molecule has 3 fully saturated rings. The van der Waals surface area contributed by atoms with Crippen molar-refractivity contribution in [1.29, 1.82) is 0 Å². The Kier molecular flexibility index (Phi) is 11.9. The fraction of sp³-hybridized carbons (Fsp3) is 0.306. The summed E-state index contributed by atoms with van der Waals surface area (Å²) in [7, 11) is 1.48. The van der Waals surface area contributed by atoms with Crippen LogP contribution in [0, 0.1) is 5.92 Å². The minimum atomic E-state index is -1.93. The smallest absolute Gasteiger partial charge is 0.421 e. The molecule has 14 heteroatoms. The van der Waals surface area contributed by atoms with Crippen molar-refractivity contribution in [3.63, 3.8) is 0 Å². The fourth-order valence-corrected chi connectivity index (χ4v) is 9.83. The van der Waals surface area contributed by atoms with Crippen molar-refractivity contribution in [1.82, 2.24) is 4.90 Å². The topological polar surface area (TPSA) is 156 Å². The highest BCUT2D eigenvalue weighted by Gasteiger charge is 2.75. The molecule has 0 aliphatic carbocycles. The number of fused-ring (bicyclic) bond motifs is 3. The van der Waals surface area contributed by atoms with Crippen molar-refractivity contribution in [3.8, 4) is 5.75 Å². The number of imide groups is 1. The van der Waals surface area contributed by atoms with E-state index in [2.05, 4.69) is 10.2 Å². The van der Waals surface area contributed by atoms with Gasteiger partial charge in [-0.05, 0) is 64.7 Å². The van der Waals surface area contributed by atoms with Crippen molar-refractivity contribution in [2.75, 3.05) is 75.0 Å². The van der Waals surface area contributed by atoms with E-state index in [1.807, 2.05) is 77.7 Å². The molecule has 4 heterocycles. The summed E-state index contributed by atoms with van der Waals surface area (Å²) in [6.45, 7) is 2.49. The van der Waals surface area contributed by atoms with Crippen LogP contribution in [-0.4, -0.2) is 99.8 Å². The van der Waals surface area contributed by atoms with Crippen LogP contribution in [0.3, 0.4) is 0 Å². The molecule has 63 heavy (non-hydrogen) atoms. The highest BCUT2D eigenvalue weighted by molar-refractivity contribution is 6.24. The number of hydrogen-bond acceptors (Lipinski definition) is 12. The molecular formula is C49H48N4O10. The number of nitrogens with zero attached hydrogens (tertiary/aromatic N) is 3. The lowest BCUT2D eigenvalue weighted by atomic mass is 9.65. The summed E-state index contributed by atoms with van der Waals surface area (Å²) >= 11 is 0. The van der Waals surface area contributed by atoms with Crippen molar-refractivity contribution >= 4 is 40.9 Å². The zero-order chi connectivity index (χ0) is 43.5. The van der Waals surface area contributed by atoms with Crippen LogP contribution in [0.4, 0.5) is 21.9 Å². The van der Waals surface area contributed by atoms with E-state index >= 15 is 14.4 Å². The molecule has 4 aliphatic rings. The van der Waals surface area contributed by atoms with Gasteiger partial charge in [-0.2, -0.15) is 0 Å². The maximum Gasteiger partial charge on any atom is 0.421 e. The quantitative estimate of drug-likeness (QED) is 0.112. The van der Waals surface area contributed by atoms with Crippen LogP contribution in [0.15, 0.2) is 133 Å². The Bertz CT molecular complexity index is 2430. The van der Waals surface area contributed by atoms with Gasteiger partial charge in [-0.1, -0.05) is 91.0 Å². The van der Waals surface area contributed by atoms with E-state index in [0.29, 0.717) is 41.3 Å². The van der Waals surface area contributed by atoms with Crippen LogP contribution < -0.4 is 19.9 Å². The third kappa shape index (κ3) is 7.48. The minimum Gasteiger partial charge on any atom is -0.491 e. The largest absolute Gasteiger partial charge is 0.491 e. The standard InChI is InChI=1S/C49H48N4O10/c1-59-30-31-62-48(58)52-39-15-9-8-14-38(39)49(47(52)57)40(45(55)50-35-18-20-36(21-19-35)51-24-27-60-28-25-51)42-46(56)63-43(33-12-6-3-7-13-33)41(32-10-4-2-5-11-32)53(42)44(49)34-16-22-37(23-17-34)61-29-26-54/h2-23,40-44,54H,24-31H2,1H3,(H,50,55)/t40-,41-,42-,43+,44+,49-/m1/s1. The number of carbonyl (C=O) groups excluding carboxylic acids is 4. The highest BCUT2D eigenvalue weighted by Crippen LogP contribution is 2.66. The van der Waals surface area contributed by atoms with Gasteiger partial charge in [0, 0.05) is 31.6 Å². The Balaban J connectivity index is 1.27. The summed E-state index contributed by atoms with van der Waals surface area (Å²) in [5.74, 6) is -3.05. The van der Waals surface area contributed by atoms with Crippen LogP contribution in [0.2, 0.25) is 0 Å². The summed E-state index contributed by atoms with van der Waals surface area (Å²) < 4.78 is 28.6. The van der Waals surface area contributed by atoms with E-state index in [4.69, 9.17) is 23.7 Å². The van der Waals surface area contributed by atoms with Gasteiger partial charge in [0.1, 0.15) is 36.5 Å². The number of nitrogens with one attached hydrogen (secondary N) is 1. The zero-order valence-corrected chi connectivity index (χ0v) is 34.7. The molecule has 14 nitrogen and oxygen atoms in total. The van der Waals surface area contributed by atoms with Crippen molar-refractivity contribution < 1.29 is 48.0 Å². The normalized spacial score (nSPS) is 24.1. The van der Waals surface area contributed by atoms with Crippen molar-refractivity contribution in [2.45, 2.75) is 29.6 Å². The number of cyclic esters (lactones) is 1. The van der Waals surface area contributed by atoms with Gasteiger partial charge in [0.2, 0.25) is 11.8 Å². The fourth-order valence-electron chi connectivity index (χ4n) is 9.83. The van der Waals surface area contributed by atoms with Gasteiger partial charge in [-0.25, -0.2) is 9.69 Å². The number of rotatable bonds is 12. The number of aliphatic hydroxyl groups excluding tert-OH is 1. The molecule has 0 saturated carbocycles. The van der Waals surface area contributed by atoms with Gasteiger partial charge in [-0.3, -0.25) is 19.3 Å². The maximum absolute atomic E-state index is 16.1. The lowest BCUT2D eigenvalue weighted by Crippen LogP contribution is -2.54. The summed E-state index contributed by atoms with van der Waals surface area (Å²) in [6.07, 6.45) is -1.82. The number of hydrogen-bond donors (Lipinski definition) is 2. The SMILES string of the molecule is COCCOC(=O)N1C(=O)[C@@]2(c3ccccc31)[C@H](c1ccc(OCCO)cc1)N1[C@H](c3ccccc3)[C@H](c3ccccc3)OC(=O)[C@H]1[C@@H]2C(=O)Nc1ccc(N2CCOCC2)cc1. The first-order valence-electron chi connectivity index (χ1n) is 21.1. The summed E-state index contributed by atoms with van der Waals surface area (Å²) in [5, 5.41) is 12.6. The van der Waals surface area contributed by atoms with E-state index in [1.54, 1.807) is 60.7 Å². The molecule has 0 unspecified atom stereocenters. The van der Waals surface area contributed by atoms with E-state index in [-0.39, 0.29) is 32.1 Å². The number of carbonyl (C=O) groups is 4. The molecule has 5 aromatic carbocycles. The molecule has 0 radical (unpaired) electrons. The summed E-state index contributed by atoms with van der Waals surface area (Å²) in [4.78, 5) is 66.2. The van der Waals surface area contributed by atoms with Crippen molar-refractivity contribution in [2.24, 2.45) is 5.92 Å². The predicted molar refractivity (Wildman–Crippen MR) is 232 cm³/mol. The van der Waals surface area contributed by atoms with Gasteiger partial charge in [0.05, 0.1) is 50.1 Å². The number of methoxy groups -OCH3 is 1. The monoisotopic (exact) mass is 852 g/mol. The van der Waals surface area contributed by atoms with Crippen molar-refractivity contribution in [3.05, 3.63) is 156 Å². The third-order valence-corrected chi connectivity index (χ3v) is 12.4. The zero-order valence-electron chi connectivity index (χ0n) is 34.7. The number of aliphatic hydroxyl groups is 1. The molecule has 1 spiro atoms. The number of morpholine rings is 2. The Hall–Kier alpha value is -6.58. The Morgan fingerprint density at radius 3 is 2.11 bits per heavy atom. The molecule has 3 amide bonds. The van der Waals surface area contributed by atoms with Crippen LogP contribution in [0.25, 0.3) is 0 Å². The molecule has 0 bridgehead atoms. The molecule has 9 rings (SSSR count). The first-order chi connectivity index (χ1) is 30.9. The predicted octanol–water partition coefficient (Wildman–Crippen LogP) is 5.98. The van der Waals surface area contributed by atoms with Crippen LogP contribution in [0.5, 0.6) is 5.75 Å². The Morgan fingerprint density at radius 1 is 0.762 bits per heavy atom. The molecule has 6 atom stereocenters. The van der Waals surface area contributed by atoms with Crippen LogP contribution in [-0.2, 0) is 38.7 Å². The number of para-hydroxylation sites is 1. The van der Waals surface area contributed by atoms with E-state index in [1.165, 1.54) is 7.11 Å². The second-order valence-corrected chi connectivity index (χ2v) is 15.8. The first-order valence-corrected chi connectivity index (χ1v) is 21.1. The first kappa shape index (κ1) is 41.8. The summed E-state index contributed by atoms with van der Waals surface area (Å²) in [6, 6.07) is 37.2. The number of esters is 1. The summed E-state index contributed by atoms with van der Waals surface area (Å²) in [5.41, 5.74) is 2.16. The molecule has 0 aromatic heterocycles. The molecule has 5 aromatic rings. The highest BCUT2D eigenvalue weighted by atomic mass is 16.6. The molecule has 3 saturated heterocycles. The molecule has 4 aliphatic heterocycles. The van der Waals surface area contributed by atoms with E-state index in [9.17, 15) is 9.90 Å². The Morgan fingerprint density at radius 2 is 1.43 bits per heavy atom. The molecular weight excluding hydrogens is 805 g/mol. The number of amides is 3. The Labute approximate surface area is 364 Å². The minimum absolute atomic E-state index is 0.0588. The van der Waals surface area contributed by atoms with E-state index in [0.717, 1.165) is 29.2 Å². The molecule has 324 valence electrons. The average molecular weight is 853 g/mol. The molecule has 2 N–H and O–H groups in total. The van der Waals surface area contributed by atoms with E-state index < -0.39 is 59.4 Å². The second kappa shape index (κ2) is 18.0. The van der Waals surface area contributed by atoms with Gasteiger partial charge in [-0.15, -0.1) is 0 Å². The average Bonchev–Trinajstić information content (AvgIpc) is 3.79. The van der Waals surface area contributed by atoms with Gasteiger partial charge >= 0.3 is 12.1 Å². The van der Waals surface area contributed by atoms with Crippen LogP contribution in [0.1, 0.15) is 40.4 Å². The third-order valence-electron chi connectivity index (χ3n) is 12.4. The van der Waals surface area contributed by atoms with Gasteiger partial charge < -0.3 is 39.0 Å². The number of anilines is 3.